The molecule has 0 saturated carbocycles. The number of nitrogens with one attached hydrogen (secondary N) is 1. The lowest BCUT2D eigenvalue weighted by molar-refractivity contribution is 0.146. The van der Waals surface area contributed by atoms with E-state index in [1.165, 1.54) is 22.9 Å². The van der Waals surface area contributed by atoms with Crippen LogP contribution in [0.15, 0.2) is 30.3 Å². The average Bonchev–Trinajstić information content (AvgIpc) is 3.09. The molecule has 1 aromatic carbocycles. The van der Waals surface area contributed by atoms with Gasteiger partial charge in [0, 0.05) is 29.0 Å². The van der Waals surface area contributed by atoms with E-state index in [-0.39, 0.29) is 5.69 Å². The Morgan fingerprint density at radius 1 is 1.17 bits per heavy atom. The standard InChI is InChI=1S/C18H17F2N3/c1-10-7-14(9-12-5-6-21-16(10)12)23-11(2)8-13-3-4-15(17(19)20)22-18(13)23/h3-4,7-9,17,21H,5-6H2,1-2H3. The van der Waals surface area contributed by atoms with Gasteiger partial charge in [0.25, 0.3) is 6.43 Å². The molecule has 0 aliphatic carbocycles. The normalized spacial score (nSPS) is 13.6. The number of fused-ring (bicyclic) bond motifs is 2. The van der Waals surface area contributed by atoms with Gasteiger partial charge in [-0.1, -0.05) is 0 Å². The van der Waals surface area contributed by atoms with E-state index >= 15 is 0 Å². The average molecular weight is 313 g/mol. The van der Waals surface area contributed by atoms with Crippen LogP contribution in [-0.4, -0.2) is 16.1 Å². The van der Waals surface area contributed by atoms with Gasteiger partial charge in [-0.25, -0.2) is 13.8 Å². The van der Waals surface area contributed by atoms with Crippen molar-refractivity contribution in [3.05, 3.63) is 52.8 Å². The summed E-state index contributed by atoms with van der Waals surface area (Å²) in [6.45, 7) is 4.99. The Kier molecular flexibility index (Phi) is 3.11. The van der Waals surface area contributed by atoms with Gasteiger partial charge < -0.3 is 5.32 Å². The Hall–Kier alpha value is -2.43. The maximum atomic E-state index is 13.0. The Labute approximate surface area is 133 Å². The first kappa shape index (κ1) is 14.2. The number of hydrogen-bond acceptors (Lipinski definition) is 2. The fourth-order valence-corrected chi connectivity index (χ4v) is 3.41. The molecular formula is C18H17F2N3. The Morgan fingerprint density at radius 3 is 2.78 bits per heavy atom. The van der Waals surface area contributed by atoms with Gasteiger partial charge in [0.05, 0.1) is 0 Å². The van der Waals surface area contributed by atoms with Crippen LogP contribution in [0.25, 0.3) is 16.7 Å². The fraction of sp³-hybridized carbons (Fsp3) is 0.278. The summed E-state index contributed by atoms with van der Waals surface area (Å²) in [5.74, 6) is 0. The molecule has 2 aromatic heterocycles. The zero-order valence-corrected chi connectivity index (χ0v) is 13.0. The van der Waals surface area contributed by atoms with Crippen molar-refractivity contribution in [1.82, 2.24) is 9.55 Å². The zero-order valence-electron chi connectivity index (χ0n) is 13.0. The fourth-order valence-electron chi connectivity index (χ4n) is 3.41. The van der Waals surface area contributed by atoms with Gasteiger partial charge >= 0.3 is 0 Å². The molecule has 1 aliphatic heterocycles. The minimum Gasteiger partial charge on any atom is -0.384 e. The lowest BCUT2D eigenvalue weighted by Crippen LogP contribution is -2.01. The summed E-state index contributed by atoms with van der Waals surface area (Å²) in [6, 6.07) is 9.31. The van der Waals surface area contributed by atoms with Gasteiger partial charge in [0.15, 0.2) is 0 Å². The third kappa shape index (κ3) is 2.19. The molecule has 118 valence electrons. The zero-order chi connectivity index (χ0) is 16.1. The Balaban J connectivity index is 1.96. The van der Waals surface area contributed by atoms with E-state index in [9.17, 15) is 8.78 Å². The molecule has 5 heteroatoms. The number of hydrogen-bond donors (Lipinski definition) is 1. The number of aryl methyl sites for hydroxylation is 2. The van der Waals surface area contributed by atoms with Crippen molar-refractivity contribution < 1.29 is 8.78 Å². The predicted molar refractivity (Wildman–Crippen MR) is 87.7 cm³/mol. The van der Waals surface area contributed by atoms with Gasteiger partial charge in [-0.3, -0.25) is 4.57 Å². The van der Waals surface area contributed by atoms with Crippen LogP contribution in [0.5, 0.6) is 0 Å². The van der Waals surface area contributed by atoms with Crippen LogP contribution in [0, 0.1) is 13.8 Å². The lowest BCUT2D eigenvalue weighted by atomic mass is 10.1. The van der Waals surface area contributed by atoms with Crippen LogP contribution in [0.4, 0.5) is 14.5 Å². The van der Waals surface area contributed by atoms with Crippen LogP contribution in [0.1, 0.15) is 28.9 Å². The summed E-state index contributed by atoms with van der Waals surface area (Å²) in [7, 11) is 0. The van der Waals surface area contributed by atoms with Gasteiger partial charge in [-0.15, -0.1) is 0 Å². The third-order valence-corrected chi connectivity index (χ3v) is 4.44. The maximum absolute atomic E-state index is 13.0. The first-order valence-corrected chi connectivity index (χ1v) is 7.69. The monoisotopic (exact) mass is 313 g/mol. The Morgan fingerprint density at radius 2 is 2.00 bits per heavy atom. The van der Waals surface area contributed by atoms with E-state index in [0.717, 1.165) is 29.7 Å². The summed E-state index contributed by atoms with van der Waals surface area (Å²) >= 11 is 0. The summed E-state index contributed by atoms with van der Waals surface area (Å²) in [6.07, 6.45) is -1.58. The summed E-state index contributed by atoms with van der Waals surface area (Å²) in [4.78, 5) is 4.19. The molecule has 23 heavy (non-hydrogen) atoms. The van der Waals surface area contributed by atoms with Gasteiger partial charge in [-0.05, 0) is 61.7 Å². The molecule has 0 fully saturated rings. The van der Waals surface area contributed by atoms with Crippen molar-refractivity contribution in [2.45, 2.75) is 26.7 Å². The minimum absolute atomic E-state index is 0.184. The molecule has 0 bridgehead atoms. The molecular weight excluding hydrogens is 296 g/mol. The molecule has 3 heterocycles. The number of anilines is 1. The summed E-state index contributed by atoms with van der Waals surface area (Å²) in [5.41, 5.74) is 6.01. The van der Waals surface area contributed by atoms with Crippen molar-refractivity contribution in [3.8, 4) is 5.69 Å². The molecule has 0 amide bonds. The molecule has 4 rings (SSSR count). The Bertz CT molecular complexity index is 912. The van der Waals surface area contributed by atoms with Gasteiger partial charge in [-0.2, -0.15) is 0 Å². The second kappa shape index (κ2) is 5.05. The third-order valence-electron chi connectivity index (χ3n) is 4.44. The quantitative estimate of drug-likeness (QED) is 0.752. The number of alkyl halides is 2. The molecule has 1 aliphatic rings. The van der Waals surface area contributed by atoms with Crippen LogP contribution < -0.4 is 5.32 Å². The smallest absolute Gasteiger partial charge is 0.280 e. The van der Waals surface area contributed by atoms with Crippen LogP contribution in [0.3, 0.4) is 0 Å². The van der Waals surface area contributed by atoms with Gasteiger partial charge in [0.1, 0.15) is 11.3 Å². The van der Waals surface area contributed by atoms with Crippen LogP contribution in [-0.2, 0) is 6.42 Å². The van der Waals surface area contributed by atoms with Crippen molar-refractivity contribution in [2.75, 3.05) is 11.9 Å². The largest absolute Gasteiger partial charge is 0.384 e. The van der Waals surface area contributed by atoms with E-state index in [2.05, 4.69) is 29.4 Å². The summed E-state index contributed by atoms with van der Waals surface area (Å²) in [5, 5.41) is 4.27. The van der Waals surface area contributed by atoms with Crippen LogP contribution >= 0.6 is 0 Å². The van der Waals surface area contributed by atoms with E-state index in [1.807, 2.05) is 17.6 Å². The maximum Gasteiger partial charge on any atom is 0.280 e. The van der Waals surface area contributed by atoms with Gasteiger partial charge in [0.2, 0.25) is 0 Å². The molecule has 1 N–H and O–H groups in total. The number of halogens is 2. The molecule has 0 spiro atoms. The van der Waals surface area contributed by atoms with Crippen molar-refractivity contribution >= 4 is 16.7 Å². The highest BCUT2D eigenvalue weighted by molar-refractivity contribution is 5.80. The second-order valence-corrected chi connectivity index (χ2v) is 6.04. The highest BCUT2D eigenvalue weighted by Gasteiger charge is 2.18. The van der Waals surface area contributed by atoms with E-state index in [0.29, 0.717) is 5.65 Å². The van der Waals surface area contributed by atoms with Crippen LogP contribution in [0.2, 0.25) is 0 Å². The number of pyridine rings is 1. The molecule has 3 nitrogen and oxygen atoms in total. The van der Waals surface area contributed by atoms with E-state index in [4.69, 9.17) is 0 Å². The topological polar surface area (TPSA) is 29.9 Å². The predicted octanol–water partition coefficient (Wildman–Crippen LogP) is 4.55. The van der Waals surface area contributed by atoms with E-state index in [1.54, 1.807) is 6.07 Å². The van der Waals surface area contributed by atoms with Crippen molar-refractivity contribution in [2.24, 2.45) is 0 Å². The van der Waals surface area contributed by atoms with Crippen molar-refractivity contribution in [3.63, 3.8) is 0 Å². The van der Waals surface area contributed by atoms with Crippen molar-refractivity contribution in [1.29, 1.82) is 0 Å². The van der Waals surface area contributed by atoms with E-state index < -0.39 is 6.43 Å². The highest BCUT2D eigenvalue weighted by atomic mass is 19.3. The second-order valence-electron chi connectivity index (χ2n) is 6.04. The highest BCUT2D eigenvalue weighted by Crippen LogP contribution is 2.32. The SMILES string of the molecule is Cc1cc(-n2c(C)cc3ccc(C(F)F)nc32)cc2c1NCC2. The first-order valence-electron chi connectivity index (χ1n) is 7.69. The number of rotatable bonds is 2. The molecule has 0 saturated heterocycles. The molecule has 3 aromatic rings. The number of nitrogens with zero attached hydrogens (tertiary/aromatic N) is 2. The molecule has 0 radical (unpaired) electrons. The lowest BCUT2D eigenvalue weighted by Gasteiger charge is -2.13. The minimum atomic E-state index is -2.56. The first-order chi connectivity index (χ1) is 11.0. The molecule has 0 unspecified atom stereocenters. The molecule has 0 atom stereocenters. The summed E-state index contributed by atoms with van der Waals surface area (Å²) < 4.78 is 28.0. The number of aromatic nitrogens is 2. The number of benzene rings is 1.